The van der Waals surface area contributed by atoms with Crippen molar-refractivity contribution >= 4 is 22.7 Å². The number of benzene rings is 1. The molecule has 1 aromatic heterocycles. The summed E-state index contributed by atoms with van der Waals surface area (Å²) in [6.45, 7) is 0.439. The Morgan fingerprint density at radius 3 is 2.95 bits per heavy atom. The van der Waals surface area contributed by atoms with Gasteiger partial charge in [-0.2, -0.15) is 0 Å². The van der Waals surface area contributed by atoms with Crippen molar-refractivity contribution in [3.63, 3.8) is 0 Å². The molecular weight excluding hydrogens is 248 g/mol. The molecule has 3 N–H and O–H groups in total. The van der Waals surface area contributed by atoms with Crippen molar-refractivity contribution in [1.29, 1.82) is 0 Å². The van der Waals surface area contributed by atoms with Gasteiger partial charge in [0, 0.05) is 18.7 Å². The monoisotopic (exact) mass is 262 g/mol. The minimum Gasteiger partial charge on any atom is -0.388 e. The lowest BCUT2D eigenvalue weighted by Gasteiger charge is -2.36. The maximum Gasteiger partial charge on any atom is 0.271 e. The number of aromatic nitrogens is 2. The zero-order valence-corrected chi connectivity index (χ0v) is 10.2. The minimum atomic E-state index is -0.634. The topological polar surface area (TPSA) is 104 Å². The summed E-state index contributed by atoms with van der Waals surface area (Å²) in [6, 6.07) is 4.48. The molecule has 0 atom stereocenters. The van der Waals surface area contributed by atoms with Crippen LogP contribution in [-0.2, 0) is 0 Å². The van der Waals surface area contributed by atoms with Gasteiger partial charge in [0.25, 0.3) is 5.69 Å². The molecule has 0 spiro atoms. The summed E-state index contributed by atoms with van der Waals surface area (Å²) >= 11 is 0. The van der Waals surface area contributed by atoms with Crippen molar-refractivity contribution in [2.24, 2.45) is 0 Å². The molecule has 7 heteroatoms. The fraction of sp³-hybridized carbons (Fsp3) is 0.417. The summed E-state index contributed by atoms with van der Waals surface area (Å²) in [5.74, 6) is 0.524. The van der Waals surface area contributed by atoms with E-state index in [1.807, 2.05) is 0 Å². The largest absolute Gasteiger partial charge is 0.388 e. The van der Waals surface area contributed by atoms with E-state index in [-0.39, 0.29) is 5.69 Å². The maximum absolute atomic E-state index is 10.7. The Hall–Kier alpha value is -2.15. The first-order chi connectivity index (χ1) is 9.06. The summed E-state index contributed by atoms with van der Waals surface area (Å²) in [5.41, 5.74) is 0.664. The van der Waals surface area contributed by atoms with Crippen LogP contribution in [0.1, 0.15) is 19.3 Å². The van der Waals surface area contributed by atoms with Crippen molar-refractivity contribution in [2.45, 2.75) is 24.9 Å². The van der Waals surface area contributed by atoms with Gasteiger partial charge in [-0.05, 0) is 25.3 Å². The van der Waals surface area contributed by atoms with Crippen LogP contribution in [0.3, 0.4) is 0 Å². The van der Waals surface area contributed by atoms with Gasteiger partial charge >= 0.3 is 0 Å². The standard InChI is InChI=1S/C12H14N4O3/c17-12(4-1-5-12)7-13-11-14-9-3-2-8(16(18)19)6-10(9)15-11/h2-3,6,17H,1,4-5,7H2,(H2,13,14,15). The highest BCUT2D eigenvalue weighted by Gasteiger charge is 2.34. The lowest BCUT2D eigenvalue weighted by molar-refractivity contribution is -0.384. The fourth-order valence-corrected chi connectivity index (χ4v) is 2.20. The van der Waals surface area contributed by atoms with Crippen molar-refractivity contribution in [3.8, 4) is 0 Å². The molecule has 1 heterocycles. The number of nitro benzene ring substituents is 1. The number of aromatic amines is 1. The number of fused-ring (bicyclic) bond motifs is 1. The number of H-pyrrole nitrogens is 1. The Morgan fingerprint density at radius 2 is 2.32 bits per heavy atom. The average molecular weight is 262 g/mol. The van der Waals surface area contributed by atoms with E-state index in [9.17, 15) is 15.2 Å². The Bertz CT molecular complexity index is 633. The number of nitro groups is 1. The molecule has 0 amide bonds. The summed E-state index contributed by atoms with van der Waals surface area (Å²) in [6.07, 6.45) is 2.64. The van der Waals surface area contributed by atoms with Gasteiger partial charge in [-0.15, -0.1) is 0 Å². The number of nitrogens with one attached hydrogen (secondary N) is 2. The second-order valence-electron chi connectivity index (χ2n) is 4.98. The van der Waals surface area contributed by atoms with Gasteiger partial charge in [-0.3, -0.25) is 10.1 Å². The predicted molar refractivity (Wildman–Crippen MR) is 70.0 cm³/mol. The van der Waals surface area contributed by atoms with E-state index < -0.39 is 10.5 Å². The number of non-ortho nitro benzene ring substituents is 1. The number of aliphatic hydroxyl groups is 1. The molecule has 1 aliphatic carbocycles. The van der Waals surface area contributed by atoms with Gasteiger partial charge in [0.1, 0.15) is 0 Å². The number of anilines is 1. The van der Waals surface area contributed by atoms with Gasteiger partial charge in [0.15, 0.2) is 0 Å². The molecule has 1 saturated carbocycles. The molecule has 7 nitrogen and oxygen atoms in total. The van der Waals surface area contributed by atoms with Gasteiger partial charge in [-0.1, -0.05) is 0 Å². The average Bonchev–Trinajstić information content (AvgIpc) is 2.75. The molecule has 1 fully saturated rings. The molecule has 1 aromatic carbocycles. The molecule has 19 heavy (non-hydrogen) atoms. The van der Waals surface area contributed by atoms with E-state index in [4.69, 9.17) is 0 Å². The number of nitrogens with zero attached hydrogens (tertiary/aromatic N) is 2. The number of rotatable bonds is 4. The van der Waals surface area contributed by atoms with Crippen LogP contribution in [-0.4, -0.2) is 32.1 Å². The van der Waals surface area contributed by atoms with E-state index in [1.54, 1.807) is 6.07 Å². The molecule has 0 aliphatic heterocycles. The van der Waals surface area contributed by atoms with E-state index in [0.717, 1.165) is 19.3 Å². The normalized spacial score (nSPS) is 17.1. The van der Waals surface area contributed by atoms with Crippen molar-refractivity contribution in [2.75, 3.05) is 11.9 Å². The summed E-state index contributed by atoms with van der Waals surface area (Å²) in [5, 5.41) is 23.7. The second kappa shape index (κ2) is 4.20. The third-order valence-electron chi connectivity index (χ3n) is 3.55. The summed E-state index contributed by atoms with van der Waals surface area (Å²) < 4.78 is 0. The molecule has 0 bridgehead atoms. The van der Waals surface area contributed by atoms with Crippen molar-refractivity contribution in [3.05, 3.63) is 28.3 Å². The Labute approximate surface area is 108 Å². The van der Waals surface area contributed by atoms with Gasteiger partial charge in [0.05, 0.1) is 21.6 Å². The van der Waals surface area contributed by atoms with E-state index in [2.05, 4.69) is 15.3 Å². The predicted octanol–water partition coefficient (Wildman–Crippen LogP) is 1.80. The minimum absolute atomic E-state index is 0.0281. The molecule has 0 unspecified atom stereocenters. The fourth-order valence-electron chi connectivity index (χ4n) is 2.20. The molecule has 1 aliphatic rings. The smallest absolute Gasteiger partial charge is 0.271 e. The van der Waals surface area contributed by atoms with Crippen LogP contribution in [0.4, 0.5) is 11.6 Å². The van der Waals surface area contributed by atoms with Crippen LogP contribution < -0.4 is 5.32 Å². The lowest BCUT2D eigenvalue weighted by atomic mass is 9.80. The highest BCUT2D eigenvalue weighted by molar-refractivity contribution is 5.79. The van der Waals surface area contributed by atoms with E-state index in [1.165, 1.54) is 12.1 Å². The highest BCUT2D eigenvalue weighted by atomic mass is 16.6. The lowest BCUT2D eigenvalue weighted by Crippen LogP contribution is -2.43. The molecular formula is C12H14N4O3. The van der Waals surface area contributed by atoms with Crippen LogP contribution >= 0.6 is 0 Å². The van der Waals surface area contributed by atoms with Crippen LogP contribution in [0.2, 0.25) is 0 Å². The molecule has 3 rings (SSSR count). The van der Waals surface area contributed by atoms with Crippen molar-refractivity contribution < 1.29 is 10.0 Å². The van der Waals surface area contributed by atoms with Crippen LogP contribution in [0, 0.1) is 10.1 Å². The Kier molecular flexibility index (Phi) is 2.63. The van der Waals surface area contributed by atoms with Crippen LogP contribution in [0.25, 0.3) is 11.0 Å². The molecule has 100 valence electrons. The third-order valence-corrected chi connectivity index (χ3v) is 3.55. The first-order valence-corrected chi connectivity index (χ1v) is 6.16. The van der Waals surface area contributed by atoms with E-state index in [0.29, 0.717) is 23.5 Å². The number of imidazole rings is 1. The first kappa shape index (κ1) is 11.9. The molecule has 2 aromatic rings. The van der Waals surface area contributed by atoms with Crippen LogP contribution in [0.5, 0.6) is 0 Å². The van der Waals surface area contributed by atoms with Gasteiger partial charge in [0.2, 0.25) is 5.95 Å². The number of hydrogen-bond acceptors (Lipinski definition) is 5. The summed E-state index contributed by atoms with van der Waals surface area (Å²) in [4.78, 5) is 17.5. The maximum atomic E-state index is 10.7. The van der Waals surface area contributed by atoms with Crippen LogP contribution in [0.15, 0.2) is 18.2 Å². The van der Waals surface area contributed by atoms with E-state index >= 15 is 0 Å². The van der Waals surface area contributed by atoms with Gasteiger partial charge < -0.3 is 15.4 Å². The first-order valence-electron chi connectivity index (χ1n) is 6.16. The SMILES string of the molecule is O=[N+]([O-])c1ccc2nc(NCC3(O)CCC3)[nH]c2c1. The summed E-state index contributed by atoms with van der Waals surface area (Å²) in [7, 11) is 0. The van der Waals surface area contributed by atoms with Gasteiger partial charge in [-0.25, -0.2) is 4.98 Å². The Balaban J connectivity index is 1.79. The number of hydrogen-bond donors (Lipinski definition) is 3. The zero-order valence-electron chi connectivity index (χ0n) is 10.2. The quantitative estimate of drug-likeness (QED) is 0.575. The molecule has 0 radical (unpaired) electrons. The highest BCUT2D eigenvalue weighted by Crippen LogP contribution is 2.31. The molecule has 0 saturated heterocycles. The second-order valence-corrected chi connectivity index (χ2v) is 4.98. The Morgan fingerprint density at radius 1 is 1.53 bits per heavy atom. The van der Waals surface area contributed by atoms with Crippen molar-refractivity contribution in [1.82, 2.24) is 9.97 Å². The third kappa shape index (κ3) is 2.24. The zero-order chi connectivity index (χ0) is 13.5.